The van der Waals surface area contributed by atoms with Crippen LogP contribution in [0.3, 0.4) is 0 Å². The van der Waals surface area contributed by atoms with Crippen molar-refractivity contribution in [3.63, 3.8) is 0 Å². The van der Waals surface area contributed by atoms with E-state index in [0.717, 1.165) is 25.7 Å². The molecule has 17 heteroatoms. The Morgan fingerprint density at radius 3 is 1.04 bits per heavy atom. The summed E-state index contributed by atoms with van der Waals surface area (Å²) in [5, 5.41) is 13.5. The molecule has 0 aliphatic carbocycles. The predicted molar refractivity (Wildman–Crippen MR) is 194 cm³/mol. The molecule has 0 saturated carbocycles. The SMILES string of the molecule is CCCCCCCC(=O)N[C@@H](CCCN)C(=O)N[C@@H](CCCN)C(=O)N[C@@H](CCCN)C(=O)N[C@@H](CCCN)C(=O)N[C@@H](CCCN)C(N)=O. The highest BCUT2D eigenvalue weighted by molar-refractivity contribution is 5.96. The summed E-state index contributed by atoms with van der Waals surface area (Å²) in [7, 11) is 0. The van der Waals surface area contributed by atoms with Gasteiger partial charge < -0.3 is 61.0 Å². The Balaban J connectivity index is 5.86. The zero-order chi connectivity index (χ0) is 37.7. The first-order valence-electron chi connectivity index (χ1n) is 18.3. The Labute approximate surface area is 297 Å². The highest BCUT2D eigenvalue weighted by Gasteiger charge is 2.31. The molecule has 0 fully saturated rings. The molecule has 0 radical (unpaired) electrons. The molecule has 50 heavy (non-hydrogen) atoms. The molecular weight excluding hydrogens is 646 g/mol. The first kappa shape index (κ1) is 46.6. The van der Waals surface area contributed by atoms with Gasteiger partial charge in [-0.05, 0) is 103 Å². The van der Waals surface area contributed by atoms with Gasteiger partial charge in [-0.1, -0.05) is 32.6 Å². The molecule has 0 spiro atoms. The molecule has 17 nitrogen and oxygen atoms in total. The van der Waals surface area contributed by atoms with Crippen molar-refractivity contribution in [3.05, 3.63) is 0 Å². The lowest BCUT2D eigenvalue weighted by Gasteiger charge is -2.27. The fourth-order valence-corrected chi connectivity index (χ4v) is 5.22. The fraction of sp³-hybridized carbons (Fsp3) is 0.818. The van der Waals surface area contributed by atoms with Crippen molar-refractivity contribution in [2.45, 2.75) is 140 Å². The topological polar surface area (TPSA) is 319 Å². The highest BCUT2D eigenvalue weighted by atomic mass is 16.2. The second kappa shape index (κ2) is 29.4. The monoisotopic (exact) mass is 714 g/mol. The van der Waals surface area contributed by atoms with Gasteiger partial charge in [0.15, 0.2) is 0 Å². The summed E-state index contributed by atoms with van der Waals surface area (Å²) in [5.74, 6) is -3.46. The van der Waals surface area contributed by atoms with E-state index in [1.807, 2.05) is 0 Å². The molecule has 6 amide bonds. The Bertz CT molecular complexity index is 1000. The molecule has 0 aromatic heterocycles. The lowest BCUT2D eigenvalue weighted by Crippen LogP contribution is -2.59. The summed E-state index contributed by atoms with van der Waals surface area (Å²) in [6.07, 6.45) is 8.20. The van der Waals surface area contributed by atoms with Gasteiger partial charge in [0.1, 0.15) is 30.2 Å². The quantitative estimate of drug-likeness (QED) is 0.0347. The average Bonchev–Trinajstić information content (AvgIpc) is 3.09. The molecule has 0 aromatic carbocycles. The highest BCUT2D eigenvalue weighted by Crippen LogP contribution is 2.09. The van der Waals surface area contributed by atoms with Crippen LogP contribution in [-0.2, 0) is 28.8 Å². The molecule has 0 saturated heterocycles. The Kier molecular flexibility index (Phi) is 27.4. The number of nitrogens with one attached hydrogen (secondary N) is 5. The van der Waals surface area contributed by atoms with Gasteiger partial charge in [-0.15, -0.1) is 0 Å². The standard InChI is InChI=1S/C33H67N11O6/c1-2-3-4-5-6-17-28(45)40-24(13-8-19-35)30(47)42-26(15-10-21-37)32(49)44-27(16-11-22-38)33(50)43-25(14-9-20-36)31(48)41-23(29(39)46)12-7-18-34/h23-27H,2-22,34-38H2,1H3,(H2,39,46)(H,40,45)(H,41,48)(H,42,47)(H,43,50)(H,44,49)/t23-,24-,25-,26-,27-/m0/s1. The molecule has 0 aliphatic rings. The third-order valence-electron chi connectivity index (χ3n) is 8.20. The van der Waals surface area contributed by atoms with Gasteiger partial charge in [-0.2, -0.15) is 0 Å². The van der Waals surface area contributed by atoms with Crippen molar-refractivity contribution in [2.24, 2.45) is 34.4 Å². The van der Waals surface area contributed by atoms with Gasteiger partial charge >= 0.3 is 0 Å². The van der Waals surface area contributed by atoms with Crippen molar-refractivity contribution in [3.8, 4) is 0 Å². The normalized spacial score (nSPS) is 14.0. The van der Waals surface area contributed by atoms with Crippen molar-refractivity contribution < 1.29 is 28.8 Å². The molecule has 0 bridgehead atoms. The van der Waals surface area contributed by atoms with Crippen molar-refractivity contribution in [1.82, 2.24) is 26.6 Å². The minimum atomic E-state index is -1.11. The van der Waals surface area contributed by atoms with Gasteiger partial charge in [0.2, 0.25) is 35.4 Å². The molecular formula is C33H67N11O6. The van der Waals surface area contributed by atoms with Gasteiger partial charge in [-0.25, -0.2) is 0 Å². The van der Waals surface area contributed by atoms with Gasteiger partial charge in [-0.3, -0.25) is 28.8 Å². The Morgan fingerprint density at radius 1 is 0.420 bits per heavy atom. The maximum atomic E-state index is 13.6. The summed E-state index contributed by atoms with van der Waals surface area (Å²) in [5.41, 5.74) is 33.8. The average molecular weight is 714 g/mol. The van der Waals surface area contributed by atoms with Crippen LogP contribution < -0.4 is 61.0 Å². The zero-order valence-electron chi connectivity index (χ0n) is 30.1. The zero-order valence-corrected chi connectivity index (χ0v) is 30.1. The number of hydrogen-bond acceptors (Lipinski definition) is 11. The minimum Gasteiger partial charge on any atom is -0.368 e. The van der Waals surface area contributed by atoms with E-state index in [1.165, 1.54) is 0 Å². The molecule has 0 heterocycles. The number of carbonyl (C=O) groups excluding carboxylic acids is 6. The van der Waals surface area contributed by atoms with Crippen LogP contribution in [-0.4, -0.2) is 98.4 Å². The second-order valence-corrected chi connectivity index (χ2v) is 12.6. The van der Waals surface area contributed by atoms with Crippen molar-refractivity contribution in [2.75, 3.05) is 32.7 Å². The van der Waals surface area contributed by atoms with Crippen LogP contribution in [0.5, 0.6) is 0 Å². The van der Waals surface area contributed by atoms with E-state index in [1.54, 1.807) is 0 Å². The lowest BCUT2D eigenvalue weighted by atomic mass is 10.0. The summed E-state index contributed by atoms with van der Waals surface area (Å²) in [4.78, 5) is 78.4. The molecule has 290 valence electrons. The van der Waals surface area contributed by atoms with Gasteiger partial charge in [0.05, 0.1) is 0 Å². The largest absolute Gasteiger partial charge is 0.368 e. The van der Waals surface area contributed by atoms with Crippen LogP contribution in [0, 0.1) is 0 Å². The van der Waals surface area contributed by atoms with E-state index in [0.29, 0.717) is 51.6 Å². The predicted octanol–water partition coefficient (Wildman–Crippen LogP) is -2.05. The maximum Gasteiger partial charge on any atom is 0.243 e. The number of primary amides is 1. The van der Waals surface area contributed by atoms with Crippen LogP contribution in [0.1, 0.15) is 110 Å². The van der Waals surface area contributed by atoms with Crippen LogP contribution in [0.2, 0.25) is 0 Å². The van der Waals surface area contributed by atoms with Gasteiger partial charge in [0, 0.05) is 6.42 Å². The van der Waals surface area contributed by atoms with E-state index in [2.05, 4.69) is 33.5 Å². The number of carbonyl (C=O) groups is 6. The van der Waals surface area contributed by atoms with Crippen LogP contribution in [0.4, 0.5) is 0 Å². The number of unbranched alkanes of at least 4 members (excludes halogenated alkanes) is 4. The third-order valence-corrected chi connectivity index (χ3v) is 8.20. The fourth-order valence-electron chi connectivity index (χ4n) is 5.22. The van der Waals surface area contributed by atoms with E-state index in [4.69, 9.17) is 34.4 Å². The van der Waals surface area contributed by atoms with E-state index in [9.17, 15) is 28.8 Å². The first-order valence-corrected chi connectivity index (χ1v) is 18.3. The molecule has 0 rings (SSSR count). The molecule has 0 aliphatic heterocycles. The third kappa shape index (κ3) is 21.0. The first-order chi connectivity index (χ1) is 24.0. The molecule has 0 unspecified atom stereocenters. The van der Waals surface area contributed by atoms with Crippen LogP contribution in [0.15, 0.2) is 0 Å². The second-order valence-electron chi connectivity index (χ2n) is 12.6. The van der Waals surface area contributed by atoms with Crippen molar-refractivity contribution in [1.29, 1.82) is 0 Å². The van der Waals surface area contributed by atoms with E-state index >= 15 is 0 Å². The molecule has 5 atom stereocenters. The lowest BCUT2D eigenvalue weighted by molar-refractivity contribution is -0.135. The summed E-state index contributed by atoms with van der Waals surface area (Å²) < 4.78 is 0. The summed E-state index contributed by atoms with van der Waals surface area (Å²) in [6.45, 7) is 3.44. The number of rotatable bonds is 31. The van der Waals surface area contributed by atoms with E-state index < -0.39 is 59.7 Å². The summed E-state index contributed by atoms with van der Waals surface area (Å²) >= 11 is 0. The van der Waals surface area contributed by atoms with E-state index in [-0.39, 0.29) is 64.1 Å². The van der Waals surface area contributed by atoms with Crippen molar-refractivity contribution >= 4 is 35.4 Å². The Morgan fingerprint density at radius 2 is 0.720 bits per heavy atom. The maximum absolute atomic E-state index is 13.6. The minimum absolute atomic E-state index is 0.144. The number of amides is 6. The molecule has 0 aromatic rings. The molecule has 17 N–H and O–H groups in total. The van der Waals surface area contributed by atoms with Crippen LogP contribution in [0.25, 0.3) is 0 Å². The number of hydrogen-bond donors (Lipinski definition) is 11. The van der Waals surface area contributed by atoms with Crippen LogP contribution >= 0.6 is 0 Å². The smallest absolute Gasteiger partial charge is 0.243 e. The number of nitrogens with two attached hydrogens (primary N) is 6. The Hall–Kier alpha value is -3.38. The van der Waals surface area contributed by atoms with Gasteiger partial charge in [0.25, 0.3) is 0 Å². The summed E-state index contributed by atoms with van der Waals surface area (Å²) in [6, 6.07) is -5.13.